The van der Waals surface area contributed by atoms with Crippen LogP contribution in [0.5, 0.6) is 5.75 Å². The summed E-state index contributed by atoms with van der Waals surface area (Å²) in [7, 11) is 1.66. The van der Waals surface area contributed by atoms with Crippen LogP contribution in [0.4, 0.5) is 11.4 Å². The number of hydrogen-bond acceptors (Lipinski definition) is 3. The standard InChI is InChI=1S/C16H26N2O2/c1-5-7-13(8-6-2)18-15-11-14(17-12(3)19)9-10-16(15)20-4/h9-11,13,18H,5-8H2,1-4H3,(H,17,19). The summed E-state index contributed by atoms with van der Waals surface area (Å²) in [5, 5.41) is 6.34. The molecule has 0 saturated carbocycles. The monoisotopic (exact) mass is 278 g/mol. The average molecular weight is 278 g/mol. The third-order valence-corrected chi connectivity index (χ3v) is 3.15. The maximum Gasteiger partial charge on any atom is 0.221 e. The first-order chi connectivity index (χ1) is 9.60. The fraction of sp³-hybridized carbons (Fsp3) is 0.562. The molecule has 4 heteroatoms. The molecule has 0 saturated heterocycles. The second-order valence-electron chi connectivity index (χ2n) is 5.01. The number of rotatable bonds is 8. The van der Waals surface area contributed by atoms with Crippen LogP contribution in [0.15, 0.2) is 18.2 Å². The molecule has 112 valence electrons. The first-order valence-corrected chi connectivity index (χ1v) is 7.32. The molecule has 1 aromatic carbocycles. The first-order valence-electron chi connectivity index (χ1n) is 7.32. The van der Waals surface area contributed by atoms with Crippen molar-refractivity contribution in [1.29, 1.82) is 0 Å². The fourth-order valence-corrected chi connectivity index (χ4v) is 2.31. The molecule has 0 aliphatic carbocycles. The Morgan fingerprint density at radius 2 is 1.90 bits per heavy atom. The van der Waals surface area contributed by atoms with E-state index in [4.69, 9.17) is 4.74 Å². The van der Waals surface area contributed by atoms with Crippen LogP contribution in [0.3, 0.4) is 0 Å². The predicted molar refractivity (Wildman–Crippen MR) is 84.5 cm³/mol. The summed E-state index contributed by atoms with van der Waals surface area (Å²) in [6.07, 6.45) is 4.54. The average Bonchev–Trinajstić information content (AvgIpc) is 2.39. The van der Waals surface area contributed by atoms with Crippen molar-refractivity contribution in [3.05, 3.63) is 18.2 Å². The van der Waals surface area contributed by atoms with Crippen molar-refractivity contribution in [2.24, 2.45) is 0 Å². The van der Waals surface area contributed by atoms with Crippen molar-refractivity contribution >= 4 is 17.3 Å². The van der Waals surface area contributed by atoms with Crippen LogP contribution in [0.2, 0.25) is 0 Å². The minimum Gasteiger partial charge on any atom is -0.495 e. The molecule has 0 atom stereocenters. The Balaban J connectivity index is 2.90. The van der Waals surface area contributed by atoms with Crippen molar-refractivity contribution in [2.75, 3.05) is 17.7 Å². The van der Waals surface area contributed by atoms with Crippen LogP contribution in [-0.4, -0.2) is 19.1 Å². The lowest BCUT2D eigenvalue weighted by atomic mass is 10.1. The van der Waals surface area contributed by atoms with E-state index in [1.165, 1.54) is 6.92 Å². The van der Waals surface area contributed by atoms with Crippen LogP contribution < -0.4 is 15.4 Å². The van der Waals surface area contributed by atoms with E-state index < -0.39 is 0 Å². The largest absolute Gasteiger partial charge is 0.495 e. The third kappa shape index (κ3) is 5.11. The van der Waals surface area contributed by atoms with E-state index in [0.29, 0.717) is 6.04 Å². The normalized spacial score (nSPS) is 10.4. The molecule has 0 heterocycles. The highest BCUT2D eigenvalue weighted by atomic mass is 16.5. The van der Waals surface area contributed by atoms with Gasteiger partial charge in [0, 0.05) is 18.7 Å². The molecule has 4 nitrogen and oxygen atoms in total. The smallest absolute Gasteiger partial charge is 0.221 e. The lowest BCUT2D eigenvalue weighted by molar-refractivity contribution is -0.114. The molecule has 1 aromatic rings. The summed E-state index contributed by atoms with van der Waals surface area (Å²) in [6.45, 7) is 5.89. The SMILES string of the molecule is CCCC(CCC)Nc1cc(NC(C)=O)ccc1OC. The first kappa shape index (κ1) is 16.3. The molecule has 1 amide bonds. The molecule has 20 heavy (non-hydrogen) atoms. The molecule has 2 N–H and O–H groups in total. The maximum absolute atomic E-state index is 11.1. The Labute approximate surface area is 121 Å². The Morgan fingerprint density at radius 3 is 2.40 bits per heavy atom. The molecular weight excluding hydrogens is 252 g/mol. The number of benzene rings is 1. The summed E-state index contributed by atoms with van der Waals surface area (Å²) in [5.41, 5.74) is 1.72. The van der Waals surface area contributed by atoms with Crippen molar-refractivity contribution in [2.45, 2.75) is 52.5 Å². The minimum absolute atomic E-state index is 0.0696. The minimum atomic E-state index is -0.0696. The van der Waals surface area contributed by atoms with Crippen LogP contribution in [0, 0.1) is 0 Å². The second kappa shape index (κ2) is 8.46. The Bertz CT molecular complexity index is 426. The Kier molecular flexibility index (Phi) is 6.91. The summed E-state index contributed by atoms with van der Waals surface area (Å²) in [4.78, 5) is 11.1. The summed E-state index contributed by atoms with van der Waals surface area (Å²) >= 11 is 0. The van der Waals surface area contributed by atoms with Gasteiger partial charge in [-0.2, -0.15) is 0 Å². The lowest BCUT2D eigenvalue weighted by Gasteiger charge is -2.21. The van der Waals surface area contributed by atoms with Gasteiger partial charge in [-0.15, -0.1) is 0 Å². The molecule has 1 rings (SSSR count). The van der Waals surface area contributed by atoms with E-state index in [9.17, 15) is 4.79 Å². The third-order valence-electron chi connectivity index (χ3n) is 3.15. The fourth-order valence-electron chi connectivity index (χ4n) is 2.31. The van der Waals surface area contributed by atoms with Gasteiger partial charge in [-0.05, 0) is 31.0 Å². The van der Waals surface area contributed by atoms with Gasteiger partial charge in [-0.25, -0.2) is 0 Å². The lowest BCUT2D eigenvalue weighted by Crippen LogP contribution is -2.19. The van der Waals surface area contributed by atoms with E-state index in [-0.39, 0.29) is 5.91 Å². The van der Waals surface area contributed by atoms with E-state index in [0.717, 1.165) is 42.8 Å². The van der Waals surface area contributed by atoms with Crippen LogP contribution in [0.25, 0.3) is 0 Å². The number of carbonyl (C=O) groups is 1. The topological polar surface area (TPSA) is 50.4 Å². The van der Waals surface area contributed by atoms with Gasteiger partial charge in [0.2, 0.25) is 5.91 Å². The highest BCUT2D eigenvalue weighted by Gasteiger charge is 2.11. The number of carbonyl (C=O) groups excluding carboxylic acids is 1. The Morgan fingerprint density at radius 1 is 1.25 bits per heavy atom. The summed E-state index contributed by atoms with van der Waals surface area (Å²) in [5.74, 6) is 0.732. The van der Waals surface area contributed by atoms with E-state index >= 15 is 0 Å². The van der Waals surface area contributed by atoms with Gasteiger partial charge < -0.3 is 15.4 Å². The molecule has 0 spiro atoms. The van der Waals surface area contributed by atoms with Crippen LogP contribution in [-0.2, 0) is 4.79 Å². The zero-order valence-corrected chi connectivity index (χ0v) is 13.0. The molecule has 0 aliphatic heterocycles. The number of hydrogen-bond donors (Lipinski definition) is 2. The number of anilines is 2. The van der Waals surface area contributed by atoms with Gasteiger partial charge in [0.1, 0.15) is 5.75 Å². The van der Waals surface area contributed by atoms with E-state index in [1.54, 1.807) is 7.11 Å². The van der Waals surface area contributed by atoms with Gasteiger partial charge >= 0.3 is 0 Å². The molecule has 0 aromatic heterocycles. The van der Waals surface area contributed by atoms with Gasteiger partial charge in [0.25, 0.3) is 0 Å². The van der Waals surface area contributed by atoms with Gasteiger partial charge in [-0.1, -0.05) is 26.7 Å². The number of nitrogens with one attached hydrogen (secondary N) is 2. The molecule has 0 radical (unpaired) electrons. The van der Waals surface area contributed by atoms with Crippen LogP contribution >= 0.6 is 0 Å². The molecular formula is C16H26N2O2. The molecule has 0 fully saturated rings. The van der Waals surface area contributed by atoms with Crippen molar-refractivity contribution < 1.29 is 9.53 Å². The molecule has 0 unspecified atom stereocenters. The Hall–Kier alpha value is -1.71. The zero-order valence-electron chi connectivity index (χ0n) is 13.0. The zero-order chi connectivity index (χ0) is 15.0. The van der Waals surface area contributed by atoms with Crippen LogP contribution in [0.1, 0.15) is 46.5 Å². The number of ether oxygens (including phenoxy) is 1. The van der Waals surface area contributed by atoms with Crippen molar-refractivity contribution in [1.82, 2.24) is 0 Å². The van der Waals surface area contributed by atoms with E-state index in [1.807, 2.05) is 18.2 Å². The summed E-state index contributed by atoms with van der Waals surface area (Å²) < 4.78 is 5.39. The molecule has 0 bridgehead atoms. The van der Waals surface area contributed by atoms with Gasteiger partial charge in [0.05, 0.1) is 12.8 Å². The van der Waals surface area contributed by atoms with Gasteiger partial charge in [0.15, 0.2) is 0 Å². The predicted octanol–water partition coefficient (Wildman–Crippen LogP) is 4.03. The van der Waals surface area contributed by atoms with Crippen molar-refractivity contribution in [3.63, 3.8) is 0 Å². The maximum atomic E-state index is 11.1. The van der Waals surface area contributed by atoms with Gasteiger partial charge in [-0.3, -0.25) is 4.79 Å². The molecule has 0 aliphatic rings. The highest BCUT2D eigenvalue weighted by molar-refractivity contribution is 5.89. The number of methoxy groups -OCH3 is 1. The summed E-state index contributed by atoms with van der Waals surface area (Å²) in [6, 6.07) is 6.09. The highest BCUT2D eigenvalue weighted by Crippen LogP contribution is 2.29. The van der Waals surface area contributed by atoms with Crippen molar-refractivity contribution in [3.8, 4) is 5.75 Å². The second-order valence-corrected chi connectivity index (χ2v) is 5.01. The van der Waals surface area contributed by atoms with E-state index in [2.05, 4.69) is 24.5 Å². The quantitative estimate of drug-likeness (QED) is 0.754. The number of amides is 1.